The molecule has 1 fully saturated rings. The Morgan fingerprint density at radius 3 is 2.05 bits per heavy atom. The van der Waals surface area contributed by atoms with Crippen molar-refractivity contribution in [2.24, 2.45) is 0 Å². The van der Waals surface area contributed by atoms with Crippen molar-refractivity contribution in [2.75, 3.05) is 6.61 Å². The van der Waals surface area contributed by atoms with Gasteiger partial charge in [-0.25, -0.2) is 0 Å². The van der Waals surface area contributed by atoms with Gasteiger partial charge in [0, 0.05) is 0 Å². The maximum atomic E-state index is 11.6. The first-order chi connectivity index (χ1) is 9.00. The summed E-state index contributed by atoms with van der Waals surface area (Å²) in [5.41, 5.74) is 3.42. The molecule has 3 nitrogen and oxygen atoms in total. The van der Waals surface area contributed by atoms with E-state index in [-0.39, 0.29) is 35.9 Å². The Labute approximate surface area is 138 Å². The number of hydrogen-bond acceptors (Lipinski definition) is 2. The van der Waals surface area contributed by atoms with Crippen molar-refractivity contribution in [2.45, 2.75) is 52.0 Å². The van der Waals surface area contributed by atoms with Crippen LogP contribution in [0.2, 0.25) is 0 Å². The van der Waals surface area contributed by atoms with Gasteiger partial charge in [0.1, 0.15) is 0 Å². The average Bonchev–Trinajstić information content (AvgIpc) is 2.74. The van der Waals surface area contributed by atoms with Crippen molar-refractivity contribution in [1.82, 2.24) is 0 Å². The molecule has 0 radical (unpaired) electrons. The summed E-state index contributed by atoms with van der Waals surface area (Å²) in [7, 11) is 0. The van der Waals surface area contributed by atoms with Gasteiger partial charge in [-0.1, -0.05) is 57.0 Å². The Kier molecular flexibility index (Phi) is 8.02. The van der Waals surface area contributed by atoms with Crippen molar-refractivity contribution < 1.29 is 26.0 Å². The molecule has 1 saturated heterocycles. The molecule has 120 valence electrons. The van der Waals surface area contributed by atoms with Gasteiger partial charge >= 0.3 is 16.5 Å². The molecule has 0 bridgehead atoms. The van der Waals surface area contributed by atoms with Gasteiger partial charge in [0.2, 0.25) is 0 Å². The standard InChI is InChI=1S/C16H22NO2.CH3.Ni/c1-10(2)12-6-5-7-13(11(3)4)15(12)17-14-8-9-19-16(14)18;;/h5-7,10-11,14H,8-9H2,1-4H3;1H3;/q2*-1;+2. The molecule has 21 heavy (non-hydrogen) atoms. The predicted molar refractivity (Wildman–Crippen MR) is 83.4 cm³/mol. The van der Waals surface area contributed by atoms with E-state index in [4.69, 9.17) is 10.1 Å². The van der Waals surface area contributed by atoms with Gasteiger partial charge in [0.15, 0.2) is 0 Å². The fraction of sp³-hybridized carbons (Fsp3) is 0.529. The molecule has 4 heteroatoms. The molecule has 1 aromatic carbocycles. The molecule has 0 N–H and O–H groups in total. The fourth-order valence-electron chi connectivity index (χ4n) is 2.42. The predicted octanol–water partition coefficient (Wildman–Crippen LogP) is 4.70. The van der Waals surface area contributed by atoms with Crippen molar-refractivity contribution in [1.29, 1.82) is 0 Å². The summed E-state index contributed by atoms with van der Waals surface area (Å²) >= 11 is 0. The van der Waals surface area contributed by atoms with E-state index in [9.17, 15) is 4.79 Å². The molecule has 1 heterocycles. The van der Waals surface area contributed by atoms with E-state index in [1.54, 1.807) is 0 Å². The molecule has 1 atom stereocenters. The number of para-hydroxylation sites is 1. The minimum Gasteiger partial charge on any atom is -0.672 e. The maximum absolute atomic E-state index is 11.6. The third-order valence-electron chi connectivity index (χ3n) is 3.54. The number of nitrogens with zero attached hydrogens (tertiary/aromatic N) is 1. The van der Waals surface area contributed by atoms with E-state index in [0.717, 1.165) is 5.69 Å². The zero-order valence-corrected chi connectivity index (χ0v) is 14.4. The third kappa shape index (κ3) is 4.47. The summed E-state index contributed by atoms with van der Waals surface area (Å²) < 4.78 is 5.01. The van der Waals surface area contributed by atoms with Gasteiger partial charge in [-0.15, -0.1) is 5.69 Å². The van der Waals surface area contributed by atoms with Gasteiger partial charge < -0.3 is 17.5 Å². The smallest absolute Gasteiger partial charge is 0.672 e. The number of esters is 1. The van der Waals surface area contributed by atoms with E-state index in [2.05, 4.69) is 45.9 Å². The number of carbonyl (C=O) groups excluding carboxylic acids is 1. The molecule has 0 saturated carbocycles. The first-order valence-corrected chi connectivity index (χ1v) is 7.01. The zero-order valence-electron chi connectivity index (χ0n) is 13.5. The number of cyclic esters (lactones) is 1. The normalized spacial score (nSPS) is 17.2. The number of carbonyl (C=O) groups is 1. The molecule has 0 aliphatic carbocycles. The van der Waals surface area contributed by atoms with Crippen molar-refractivity contribution in [3.63, 3.8) is 0 Å². The number of benzene rings is 1. The second-order valence-corrected chi connectivity index (χ2v) is 5.70. The SMILES string of the molecule is CC(C)c1cccc(C(C)C)c1[N-]C1CCOC1=O.[CH3-].[Ni+2]. The number of rotatable bonds is 4. The summed E-state index contributed by atoms with van der Waals surface area (Å²) in [6.45, 7) is 9.13. The molecule has 0 spiro atoms. The maximum Gasteiger partial charge on any atom is 2.00 e. The molecule has 0 aromatic heterocycles. The summed E-state index contributed by atoms with van der Waals surface area (Å²) in [5.74, 6) is 0.609. The van der Waals surface area contributed by atoms with E-state index in [0.29, 0.717) is 24.9 Å². The van der Waals surface area contributed by atoms with Crippen LogP contribution in [0.5, 0.6) is 0 Å². The third-order valence-corrected chi connectivity index (χ3v) is 3.54. The van der Waals surface area contributed by atoms with Crippen LogP contribution in [0.4, 0.5) is 5.69 Å². The van der Waals surface area contributed by atoms with Gasteiger partial charge in [0.25, 0.3) is 5.97 Å². The molecule has 1 aromatic rings. The van der Waals surface area contributed by atoms with Crippen molar-refractivity contribution in [3.8, 4) is 0 Å². The second-order valence-electron chi connectivity index (χ2n) is 5.70. The van der Waals surface area contributed by atoms with Crippen molar-refractivity contribution >= 4 is 11.7 Å². The quantitative estimate of drug-likeness (QED) is 0.455. The van der Waals surface area contributed by atoms with Gasteiger partial charge in [-0.05, 0) is 24.3 Å². The van der Waals surface area contributed by atoms with Crippen LogP contribution in [0.3, 0.4) is 0 Å². The molecule has 0 amide bonds. The Balaban J connectivity index is 0.00000200. The molecular formula is C17H25NNiO2. The largest absolute Gasteiger partial charge is 2.00 e. The van der Waals surface area contributed by atoms with Crippen LogP contribution < -0.4 is 0 Å². The monoisotopic (exact) mass is 333 g/mol. The van der Waals surface area contributed by atoms with Gasteiger partial charge in [-0.3, -0.25) is 4.79 Å². The van der Waals surface area contributed by atoms with Crippen LogP contribution in [-0.2, 0) is 26.0 Å². The summed E-state index contributed by atoms with van der Waals surface area (Å²) in [6.07, 6.45) is 0.697. The molecular weight excluding hydrogens is 309 g/mol. The van der Waals surface area contributed by atoms with Crippen molar-refractivity contribution in [3.05, 3.63) is 42.1 Å². The first-order valence-electron chi connectivity index (χ1n) is 7.01. The molecule has 1 aliphatic heterocycles. The van der Waals surface area contributed by atoms with Gasteiger partial charge in [0.05, 0.1) is 6.61 Å². The van der Waals surface area contributed by atoms with Crippen LogP contribution in [-0.4, -0.2) is 18.6 Å². The fourth-order valence-corrected chi connectivity index (χ4v) is 2.42. The van der Waals surface area contributed by atoms with E-state index in [1.807, 2.05) is 0 Å². The Bertz CT molecular complexity index is 446. The minimum atomic E-state index is -0.322. The molecule has 1 aliphatic rings. The summed E-state index contributed by atoms with van der Waals surface area (Å²) in [6, 6.07) is 5.97. The topological polar surface area (TPSA) is 40.4 Å². The van der Waals surface area contributed by atoms with Gasteiger partial charge in [-0.2, -0.15) is 0 Å². The average molecular weight is 334 g/mol. The van der Waals surface area contributed by atoms with E-state index >= 15 is 0 Å². The Morgan fingerprint density at radius 2 is 1.67 bits per heavy atom. The van der Waals surface area contributed by atoms with E-state index in [1.165, 1.54) is 11.1 Å². The minimum absolute atomic E-state index is 0. The van der Waals surface area contributed by atoms with Crippen LogP contribution in [0.25, 0.3) is 5.32 Å². The summed E-state index contributed by atoms with van der Waals surface area (Å²) in [4.78, 5) is 11.6. The second kappa shape index (κ2) is 8.43. The zero-order chi connectivity index (χ0) is 14.0. The van der Waals surface area contributed by atoms with Crippen LogP contribution in [0, 0.1) is 7.43 Å². The van der Waals surface area contributed by atoms with Crippen LogP contribution in [0.15, 0.2) is 18.2 Å². The van der Waals surface area contributed by atoms with E-state index < -0.39 is 0 Å². The Morgan fingerprint density at radius 1 is 1.14 bits per heavy atom. The number of ether oxygens (including phenoxy) is 1. The number of hydrogen-bond donors (Lipinski definition) is 0. The first kappa shape index (κ1) is 20.0. The summed E-state index contributed by atoms with van der Waals surface area (Å²) in [5, 5.41) is 4.71. The van der Waals surface area contributed by atoms with Crippen LogP contribution >= 0.6 is 0 Å². The van der Waals surface area contributed by atoms with Crippen LogP contribution in [0.1, 0.15) is 57.1 Å². The Hall–Kier alpha value is -1.02. The molecule has 1 unspecified atom stereocenters. The molecule has 2 rings (SSSR count).